The molecule has 26 heavy (non-hydrogen) atoms. The Balaban J connectivity index is 1.54. The number of hydrogen-bond donors (Lipinski definition) is 1. The molecule has 0 unspecified atom stereocenters. The molecule has 7 nitrogen and oxygen atoms in total. The Morgan fingerprint density at radius 2 is 2.00 bits per heavy atom. The standard InChI is InChI=1S/C19H15N7/c1-25-12-15(10-22-25)23-19-21-11-18-16(6-8-26(18)24-19)13-4-5-17-14(9-13)3-2-7-20-17/h2-12H,1H3,(H,23,24). The summed E-state index contributed by atoms with van der Waals surface area (Å²) in [6.45, 7) is 0. The van der Waals surface area contributed by atoms with Gasteiger partial charge in [0.1, 0.15) is 0 Å². The summed E-state index contributed by atoms with van der Waals surface area (Å²) in [5.41, 5.74) is 4.98. The first-order valence-electron chi connectivity index (χ1n) is 8.21. The molecule has 7 heteroatoms. The molecule has 0 radical (unpaired) electrons. The molecule has 0 aliphatic rings. The maximum atomic E-state index is 4.53. The molecule has 0 spiro atoms. The van der Waals surface area contributed by atoms with Gasteiger partial charge in [-0.2, -0.15) is 5.10 Å². The lowest BCUT2D eigenvalue weighted by Gasteiger charge is -2.05. The molecule has 4 heterocycles. The van der Waals surface area contributed by atoms with Crippen LogP contribution in [-0.4, -0.2) is 29.4 Å². The zero-order valence-corrected chi connectivity index (χ0v) is 14.0. The van der Waals surface area contributed by atoms with Crippen LogP contribution in [0.2, 0.25) is 0 Å². The van der Waals surface area contributed by atoms with Gasteiger partial charge in [-0.25, -0.2) is 9.50 Å². The molecule has 0 atom stereocenters. The summed E-state index contributed by atoms with van der Waals surface area (Å²) in [6.07, 6.45) is 9.18. The van der Waals surface area contributed by atoms with Crippen molar-refractivity contribution in [1.29, 1.82) is 0 Å². The van der Waals surface area contributed by atoms with Gasteiger partial charge in [0, 0.05) is 36.6 Å². The molecule has 0 aliphatic carbocycles. The van der Waals surface area contributed by atoms with Gasteiger partial charge in [0.25, 0.3) is 0 Å². The Morgan fingerprint density at radius 3 is 2.88 bits per heavy atom. The molecule has 5 aromatic rings. The average molecular weight is 341 g/mol. The van der Waals surface area contributed by atoms with Crippen LogP contribution >= 0.6 is 0 Å². The van der Waals surface area contributed by atoms with Gasteiger partial charge in [-0.1, -0.05) is 12.1 Å². The summed E-state index contributed by atoms with van der Waals surface area (Å²) in [7, 11) is 1.87. The first kappa shape index (κ1) is 14.6. The lowest BCUT2D eigenvalue weighted by atomic mass is 10.0. The second-order valence-electron chi connectivity index (χ2n) is 6.08. The van der Waals surface area contributed by atoms with E-state index in [0.717, 1.165) is 33.2 Å². The van der Waals surface area contributed by atoms with Crippen molar-refractivity contribution in [1.82, 2.24) is 29.4 Å². The second kappa shape index (κ2) is 5.66. The number of anilines is 2. The largest absolute Gasteiger partial charge is 0.320 e. The highest BCUT2D eigenvalue weighted by Crippen LogP contribution is 2.28. The normalized spacial score (nSPS) is 11.3. The molecule has 0 bridgehead atoms. The van der Waals surface area contributed by atoms with E-state index >= 15 is 0 Å². The van der Waals surface area contributed by atoms with Crippen LogP contribution in [0.1, 0.15) is 0 Å². The van der Waals surface area contributed by atoms with Crippen molar-refractivity contribution in [2.45, 2.75) is 0 Å². The van der Waals surface area contributed by atoms with Crippen LogP contribution < -0.4 is 5.32 Å². The predicted octanol–water partition coefficient (Wildman–Crippen LogP) is 3.42. The maximum Gasteiger partial charge on any atom is 0.245 e. The van der Waals surface area contributed by atoms with E-state index in [1.807, 2.05) is 42.3 Å². The Morgan fingerprint density at radius 1 is 1.04 bits per heavy atom. The lowest BCUT2D eigenvalue weighted by molar-refractivity contribution is 0.768. The number of aryl methyl sites for hydroxylation is 1. The van der Waals surface area contributed by atoms with Crippen molar-refractivity contribution in [3.63, 3.8) is 0 Å². The van der Waals surface area contributed by atoms with Gasteiger partial charge in [-0.15, -0.1) is 5.10 Å². The molecule has 0 aliphatic heterocycles. The number of aromatic nitrogens is 6. The van der Waals surface area contributed by atoms with Crippen molar-refractivity contribution in [2.75, 3.05) is 5.32 Å². The highest BCUT2D eigenvalue weighted by Gasteiger charge is 2.09. The summed E-state index contributed by atoms with van der Waals surface area (Å²) in [6, 6.07) is 12.3. The SMILES string of the molecule is Cn1cc(Nc2ncc3c(-c4ccc5ncccc5c4)ccn3n2)cn1. The summed E-state index contributed by atoms with van der Waals surface area (Å²) in [4.78, 5) is 8.81. The van der Waals surface area contributed by atoms with Crippen molar-refractivity contribution in [3.05, 3.63) is 67.4 Å². The third kappa shape index (κ3) is 2.46. The number of hydrogen-bond acceptors (Lipinski definition) is 5. The predicted molar refractivity (Wildman–Crippen MR) is 100 cm³/mol. The molecular formula is C19H15N7. The molecule has 0 saturated heterocycles. The quantitative estimate of drug-likeness (QED) is 0.544. The van der Waals surface area contributed by atoms with Crippen LogP contribution in [0.25, 0.3) is 27.5 Å². The van der Waals surface area contributed by atoms with Crippen LogP contribution in [0.3, 0.4) is 0 Å². The fourth-order valence-electron chi connectivity index (χ4n) is 3.06. The lowest BCUT2D eigenvalue weighted by Crippen LogP contribution is -2.00. The van der Waals surface area contributed by atoms with Gasteiger partial charge in [0.2, 0.25) is 5.95 Å². The van der Waals surface area contributed by atoms with Crippen LogP contribution in [0.4, 0.5) is 11.6 Å². The highest BCUT2D eigenvalue weighted by atomic mass is 15.3. The second-order valence-corrected chi connectivity index (χ2v) is 6.08. The summed E-state index contributed by atoms with van der Waals surface area (Å²) >= 11 is 0. The first-order chi connectivity index (χ1) is 12.8. The Labute approximate surface area is 148 Å². The van der Waals surface area contributed by atoms with Crippen LogP contribution in [0, 0.1) is 0 Å². The molecule has 0 amide bonds. The number of nitrogens with one attached hydrogen (secondary N) is 1. The molecule has 4 aromatic heterocycles. The van der Waals surface area contributed by atoms with Crippen molar-refractivity contribution >= 4 is 28.1 Å². The molecule has 0 fully saturated rings. The van der Waals surface area contributed by atoms with Gasteiger partial charge in [-0.05, 0) is 29.8 Å². The Bertz CT molecular complexity index is 1240. The van der Waals surface area contributed by atoms with Gasteiger partial charge in [0.15, 0.2) is 0 Å². The minimum atomic E-state index is 0.523. The summed E-state index contributed by atoms with van der Waals surface area (Å²) < 4.78 is 3.55. The summed E-state index contributed by atoms with van der Waals surface area (Å²) in [5, 5.41) is 12.9. The molecule has 0 saturated carbocycles. The van der Waals surface area contributed by atoms with Crippen molar-refractivity contribution in [3.8, 4) is 11.1 Å². The zero-order chi connectivity index (χ0) is 17.5. The molecule has 126 valence electrons. The van der Waals surface area contributed by atoms with E-state index in [0.29, 0.717) is 5.95 Å². The number of fused-ring (bicyclic) bond motifs is 2. The fourth-order valence-corrected chi connectivity index (χ4v) is 3.06. The maximum absolute atomic E-state index is 4.53. The molecule has 5 rings (SSSR count). The van der Waals surface area contributed by atoms with E-state index < -0.39 is 0 Å². The number of nitrogens with zero attached hydrogens (tertiary/aromatic N) is 6. The van der Waals surface area contributed by atoms with E-state index in [4.69, 9.17) is 0 Å². The number of pyridine rings is 1. The Kier molecular flexibility index (Phi) is 3.18. The van der Waals surface area contributed by atoms with E-state index in [1.54, 1.807) is 17.1 Å². The van der Waals surface area contributed by atoms with Gasteiger partial charge < -0.3 is 5.32 Å². The highest BCUT2D eigenvalue weighted by molar-refractivity contribution is 5.88. The van der Waals surface area contributed by atoms with E-state index in [2.05, 4.69) is 49.7 Å². The van der Waals surface area contributed by atoms with Crippen molar-refractivity contribution < 1.29 is 0 Å². The molecular weight excluding hydrogens is 326 g/mol. The van der Waals surface area contributed by atoms with Gasteiger partial charge in [0.05, 0.1) is 29.1 Å². The van der Waals surface area contributed by atoms with E-state index in [1.165, 1.54) is 0 Å². The Hall–Kier alpha value is -3.74. The molecule has 1 aromatic carbocycles. The smallest absolute Gasteiger partial charge is 0.245 e. The van der Waals surface area contributed by atoms with Crippen LogP contribution in [0.5, 0.6) is 0 Å². The monoisotopic (exact) mass is 341 g/mol. The third-order valence-electron chi connectivity index (χ3n) is 4.29. The fraction of sp³-hybridized carbons (Fsp3) is 0.0526. The topological polar surface area (TPSA) is 72.9 Å². The first-order valence-corrected chi connectivity index (χ1v) is 8.21. The van der Waals surface area contributed by atoms with Crippen LogP contribution in [0.15, 0.2) is 67.4 Å². The van der Waals surface area contributed by atoms with Gasteiger partial charge >= 0.3 is 0 Å². The van der Waals surface area contributed by atoms with E-state index in [9.17, 15) is 0 Å². The average Bonchev–Trinajstić information content (AvgIpc) is 3.27. The van der Waals surface area contributed by atoms with Crippen LogP contribution in [-0.2, 0) is 7.05 Å². The third-order valence-corrected chi connectivity index (χ3v) is 4.29. The molecule has 1 N–H and O–H groups in total. The van der Waals surface area contributed by atoms with Crippen molar-refractivity contribution in [2.24, 2.45) is 7.05 Å². The van der Waals surface area contributed by atoms with Gasteiger partial charge in [-0.3, -0.25) is 9.67 Å². The minimum Gasteiger partial charge on any atom is -0.320 e. The minimum absolute atomic E-state index is 0.523. The summed E-state index contributed by atoms with van der Waals surface area (Å²) in [5.74, 6) is 0.523. The number of benzene rings is 1. The van der Waals surface area contributed by atoms with E-state index in [-0.39, 0.29) is 0 Å². The number of rotatable bonds is 3. The zero-order valence-electron chi connectivity index (χ0n) is 14.0.